The van der Waals surface area contributed by atoms with Crippen LogP contribution in [0.2, 0.25) is 0 Å². The summed E-state index contributed by atoms with van der Waals surface area (Å²) in [5, 5.41) is 13.6. The molecule has 2 N–H and O–H groups in total. The van der Waals surface area contributed by atoms with E-state index in [0.717, 1.165) is 68.9 Å². The van der Waals surface area contributed by atoms with Crippen molar-refractivity contribution in [2.75, 3.05) is 32.7 Å². The van der Waals surface area contributed by atoms with Crippen LogP contribution in [0.25, 0.3) is 0 Å². The number of carbonyl (C=O) groups is 2. The number of aliphatic hydroxyl groups is 1. The molecule has 0 spiro atoms. The molecule has 4 heterocycles. The summed E-state index contributed by atoms with van der Waals surface area (Å²) in [6.45, 7) is 6.18. The van der Waals surface area contributed by atoms with Crippen LogP contribution >= 0.6 is 0 Å². The van der Waals surface area contributed by atoms with Crippen molar-refractivity contribution in [1.82, 2.24) is 25.1 Å². The zero-order valence-electron chi connectivity index (χ0n) is 23.4. The number of aliphatic hydroxyl groups excluding tert-OH is 1. The zero-order chi connectivity index (χ0) is 28.3. The van der Waals surface area contributed by atoms with Gasteiger partial charge in [-0.2, -0.15) is 0 Å². The largest absolute Gasteiger partial charge is 0.485 e. The molecule has 1 aromatic carbocycles. The van der Waals surface area contributed by atoms with Crippen molar-refractivity contribution in [1.29, 1.82) is 0 Å². The quantitative estimate of drug-likeness (QED) is 0.368. The van der Waals surface area contributed by atoms with Gasteiger partial charge in [0.25, 0.3) is 5.91 Å². The molecule has 2 aromatic heterocycles. The van der Waals surface area contributed by atoms with Crippen molar-refractivity contribution in [3.05, 3.63) is 76.8 Å². The number of β-amino-alcohol motifs (C(OH)–C–C–N with tert-alkyl or cyclic N) is 1. The molecule has 6 rings (SSSR count). The first kappa shape index (κ1) is 27.4. The number of hydrogen-bond donors (Lipinski definition) is 2. The van der Waals surface area contributed by atoms with Gasteiger partial charge in [-0.05, 0) is 73.4 Å². The molecule has 10 nitrogen and oxygen atoms in total. The molecule has 2 aliphatic heterocycles. The van der Waals surface area contributed by atoms with Crippen LogP contribution in [0.3, 0.4) is 0 Å². The Hall–Kier alpha value is -3.76. The summed E-state index contributed by atoms with van der Waals surface area (Å²) in [6.07, 6.45) is 7.70. The second kappa shape index (κ2) is 12.0. The van der Waals surface area contributed by atoms with E-state index in [1.807, 2.05) is 17.0 Å². The molecule has 3 aromatic rings. The van der Waals surface area contributed by atoms with Gasteiger partial charge in [-0.15, -0.1) is 0 Å². The van der Waals surface area contributed by atoms with Crippen molar-refractivity contribution in [2.45, 2.75) is 51.9 Å². The number of pyridine rings is 1. The number of amides is 2. The van der Waals surface area contributed by atoms with E-state index in [9.17, 15) is 14.7 Å². The van der Waals surface area contributed by atoms with Gasteiger partial charge in [-0.3, -0.25) is 19.5 Å². The number of hydrogen-bond acceptors (Lipinski definition) is 8. The number of likely N-dealkylation sites (tertiary alicyclic amines) is 1. The molecule has 2 amide bonds. The highest BCUT2D eigenvalue weighted by Gasteiger charge is 2.39. The highest BCUT2D eigenvalue weighted by Crippen LogP contribution is 2.34. The minimum Gasteiger partial charge on any atom is -0.485 e. The molecule has 0 unspecified atom stereocenters. The van der Waals surface area contributed by atoms with Gasteiger partial charge in [0.1, 0.15) is 12.4 Å². The number of nitrogens with zero attached hydrogens (tertiary/aromatic N) is 4. The van der Waals surface area contributed by atoms with E-state index >= 15 is 0 Å². The average molecular weight is 560 g/mol. The maximum Gasteiger partial charge on any atom is 0.251 e. The summed E-state index contributed by atoms with van der Waals surface area (Å²) in [7, 11) is 0. The Kier molecular flexibility index (Phi) is 8.02. The zero-order valence-corrected chi connectivity index (χ0v) is 23.4. The minimum atomic E-state index is -0.683. The first-order chi connectivity index (χ1) is 19.9. The van der Waals surface area contributed by atoms with E-state index in [2.05, 4.69) is 33.2 Å². The molecule has 10 heteroatoms. The molecule has 41 heavy (non-hydrogen) atoms. The molecule has 3 aliphatic rings. The maximum atomic E-state index is 12.8. The minimum absolute atomic E-state index is 0.175. The first-order valence-electron chi connectivity index (χ1n) is 14.5. The van der Waals surface area contributed by atoms with Gasteiger partial charge in [0.15, 0.2) is 12.2 Å². The summed E-state index contributed by atoms with van der Waals surface area (Å²) in [6, 6.07) is 7.59. The van der Waals surface area contributed by atoms with Gasteiger partial charge in [-0.1, -0.05) is 6.07 Å². The van der Waals surface area contributed by atoms with E-state index in [1.165, 1.54) is 17.5 Å². The van der Waals surface area contributed by atoms with Crippen LogP contribution in [-0.4, -0.2) is 75.5 Å². The van der Waals surface area contributed by atoms with Gasteiger partial charge in [0.2, 0.25) is 5.91 Å². The first-order valence-corrected chi connectivity index (χ1v) is 14.5. The molecule has 2 fully saturated rings. The molecule has 1 aliphatic carbocycles. The van der Waals surface area contributed by atoms with Gasteiger partial charge in [0.05, 0.1) is 12.3 Å². The summed E-state index contributed by atoms with van der Waals surface area (Å²) >= 11 is 0. The highest BCUT2D eigenvalue weighted by molar-refractivity contribution is 5.94. The van der Waals surface area contributed by atoms with Crippen LogP contribution in [0.5, 0.6) is 5.75 Å². The van der Waals surface area contributed by atoms with Crippen LogP contribution < -0.4 is 10.1 Å². The third-order valence-corrected chi connectivity index (χ3v) is 8.31. The van der Waals surface area contributed by atoms with Gasteiger partial charge < -0.3 is 24.5 Å². The molecule has 216 valence electrons. The number of ether oxygens (including phenoxy) is 1. The highest BCUT2D eigenvalue weighted by atomic mass is 16.5. The van der Waals surface area contributed by atoms with Crippen molar-refractivity contribution in [2.24, 2.45) is 11.8 Å². The molecular weight excluding hydrogens is 522 g/mol. The average Bonchev–Trinajstić information content (AvgIpc) is 3.68. The Morgan fingerprint density at radius 1 is 1.24 bits per heavy atom. The van der Waals surface area contributed by atoms with Crippen LogP contribution in [0.15, 0.2) is 47.5 Å². The molecule has 0 radical (unpaired) electrons. The predicted molar refractivity (Wildman–Crippen MR) is 150 cm³/mol. The van der Waals surface area contributed by atoms with Gasteiger partial charge >= 0.3 is 0 Å². The van der Waals surface area contributed by atoms with Gasteiger partial charge in [0, 0.05) is 62.6 Å². The molecule has 0 bridgehead atoms. The number of fused-ring (bicyclic) bond motifs is 1. The lowest BCUT2D eigenvalue weighted by Gasteiger charge is -2.39. The lowest BCUT2D eigenvalue weighted by atomic mass is 9.93. The lowest BCUT2D eigenvalue weighted by Crippen LogP contribution is -2.51. The summed E-state index contributed by atoms with van der Waals surface area (Å²) < 4.78 is 11.2. The number of oxazole rings is 1. The van der Waals surface area contributed by atoms with Crippen LogP contribution in [-0.2, 0) is 30.8 Å². The Labute approximate surface area is 239 Å². The fourth-order valence-corrected chi connectivity index (χ4v) is 5.82. The lowest BCUT2D eigenvalue weighted by molar-refractivity contribution is -0.138. The third-order valence-electron chi connectivity index (χ3n) is 8.31. The number of carbonyl (C=O) groups excluding carboxylic acids is 2. The molecule has 1 atom stereocenters. The van der Waals surface area contributed by atoms with Crippen molar-refractivity contribution < 1.29 is 23.8 Å². The van der Waals surface area contributed by atoms with E-state index in [4.69, 9.17) is 9.15 Å². The Morgan fingerprint density at radius 3 is 2.88 bits per heavy atom. The Morgan fingerprint density at radius 2 is 2.10 bits per heavy atom. The number of aromatic nitrogens is 2. The van der Waals surface area contributed by atoms with E-state index < -0.39 is 6.10 Å². The fourth-order valence-electron chi connectivity index (χ4n) is 5.82. The monoisotopic (exact) mass is 559 g/mol. The second-order valence-electron chi connectivity index (χ2n) is 11.6. The van der Waals surface area contributed by atoms with Crippen molar-refractivity contribution >= 4 is 11.8 Å². The van der Waals surface area contributed by atoms with Crippen LogP contribution in [0, 0.1) is 18.8 Å². The predicted octanol–water partition coefficient (Wildman–Crippen LogP) is 2.52. The van der Waals surface area contributed by atoms with Crippen LogP contribution in [0.4, 0.5) is 0 Å². The molecular formula is C31H37N5O5. The number of rotatable bonds is 11. The molecule has 1 saturated carbocycles. The van der Waals surface area contributed by atoms with E-state index in [-0.39, 0.29) is 18.4 Å². The number of nitrogens with one attached hydrogen (secondary N) is 1. The SMILES string of the molecule is Cc1c(OCc2cnco2)ccc2c1CCN(C[C@@H](O)CNC(=O)c1ccnc(CC3CN(C(=O)C4CC4)C3)c1)C2. The summed E-state index contributed by atoms with van der Waals surface area (Å²) in [4.78, 5) is 37.5. The fraction of sp³-hybridized carbons (Fsp3) is 0.484. The summed E-state index contributed by atoms with van der Waals surface area (Å²) in [5.41, 5.74) is 5.05. The van der Waals surface area contributed by atoms with Gasteiger partial charge in [-0.25, -0.2) is 4.98 Å². The van der Waals surface area contributed by atoms with E-state index in [0.29, 0.717) is 36.3 Å². The third kappa shape index (κ3) is 6.60. The standard InChI is InChI=1S/C31H37N5O5/c1-20-28-7-9-35(16-24(28)4-5-29(20)40-18-27-13-32-19-41-27)17-26(37)12-34-30(38)23-6-8-33-25(11-23)10-21-14-36(15-21)31(39)22-2-3-22/h4-6,8,11,13,19,21-22,26,37H,2-3,7,9-10,12,14-18H2,1H3,(H,34,38)/t26-/m0/s1. The van der Waals surface area contributed by atoms with Crippen molar-refractivity contribution in [3.63, 3.8) is 0 Å². The van der Waals surface area contributed by atoms with Crippen LogP contribution in [0.1, 0.15) is 51.3 Å². The summed E-state index contributed by atoms with van der Waals surface area (Å²) in [5.74, 6) is 2.25. The Bertz CT molecular complexity index is 1380. The second-order valence-corrected chi connectivity index (χ2v) is 11.6. The topological polar surface area (TPSA) is 121 Å². The smallest absolute Gasteiger partial charge is 0.251 e. The molecule has 1 saturated heterocycles. The number of benzene rings is 1. The van der Waals surface area contributed by atoms with Crippen molar-refractivity contribution in [3.8, 4) is 5.75 Å². The normalized spacial score (nSPS) is 18.0. The maximum absolute atomic E-state index is 12.8. The Balaban J connectivity index is 0.947. The van der Waals surface area contributed by atoms with E-state index in [1.54, 1.807) is 18.5 Å².